The number of benzene rings is 3. The fraction of sp³-hybridized carbons (Fsp3) is 0.0909. The Hall–Kier alpha value is -3.71. The van der Waals surface area contributed by atoms with E-state index in [1.165, 1.54) is 24.4 Å². The van der Waals surface area contributed by atoms with Crippen molar-refractivity contribution in [2.45, 2.75) is 13.5 Å². The van der Waals surface area contributed by atoms with Crippen LogP contribution >= 0.6 is 11.6 Å². The third-order valence-electron chi connectivity index (χ3n) is 4.28. The number of nitro benzene ring substituents is 1. The van der Waals surface area contributed by atoms with Crippen molar-refractivity contribution in [1.82, 2.24) is 5.43 Å². The van der Waals surface area contributed by atoms with Gasteiger partial charge in [-0.3, -0.25) is 14.9 Å². The minimum absolute atomic E-state index is 0.112. The second-order valence-corrected chi connectivity index (χ2v) is 6.81. The van der Waals surface area contributed by atoms with E-state index in [4.69, 9.17) is 16.3 Å². The predicted octanol–water partition coefficient (Wildman–Crippen LogP) is 4.90. The third-order valence-corrected chi connectivity index (χ3v) is 4.65. The van der Waals surface area contributed by atoms with Crippen LogP contribution in [0.15, 0.2) is 71.8 Å². The van der Waals surface area contributed by atoms with Gasteiger partial charge in [0.1, 0.15) is 12.4 Å². The summed E-state index contributed by atoms with van der Waals surface area (Å²) in [5.74, 6) is 0.136. The number of nitro groups is 1. The summed E-state index contributed by atoms with van der Waals surface area (Å²) in [5, 5.41) is 15.5. The summed E-state index contributed by atoms with van der Waals surface area (Å²) in [6, 6.07) is 18.9. The Bertz CT molecular complexity index is 1100. The van der Waals surface area contributed by atoms with Gasteiger partial charge in [0.2, 0.25) is 0 Å². The molecule has 1 N–H and O–H groups in total. The van der Waals surface area contributed by atoms with Crippen molar-refractivity contribution in [1.29, 1.82) is 0 Å². The van der Waals surface area contributed by atoms with Crippen LogP contribution in [0.2, 0.25) is 5.02 Å². The number of hydrogen-bond acceptors (Lipinski definition) is 5. The Balaban J connectivity index is 1.56. The summed E-state index contributed by atoms with van der Waals surface area (Å²) in [6.07, 6.45) is 1.47. The number of amides is 1. The van der Waals surface area contributed by atoms with Crippen molar-refractivity contribution in [2.24, 2.45) is 5.10 Å². The smallest absolute Gasteiger partial charge is 0.273 e. The maximum absolute atomic E-state index is 12.1. The maximum atomic E-state index is 12.1. The maximum Gasteiger partial charge on any atom is 0.273 e. The van der Waals surface area contributed by atoms with E-state index in [9.17, 15) is 14.9 Å². The second kappa shape index (κ2) is 9.67. The first-order valence-corrected chi connectivity index (χ1v) is 9.36. The van der Waals surface area contributed by atoms with Gasteiger partial charge in [-0.15, -0.1) is 0 Å². The van der Waals surface area contributed by atoms with Crippen LogP contribution in [0.5, 0.6) is 5.75 Å². The van der Waals surface area contributed by atoms with Crippen LogP contribution < -0.4 is 10.2 Å². The second-order valence-electron chi connectivity index (χ2n) is 6.41. The Labute approximate surface area is 178 Å². The van der Waals surface area contributed by atoms with Gasteiger partial charge in [0.25, 0.3) is 11.6 Å². The zero-order valence-corrected chi connectivity index (χ0v) is 16.8. The van der Waals surface area contributed by atoms with Crippen molar-refractivity contribution in [3.63, 3.8) is 0 Å². The predicted molar refractivity (Wildman–Crippen MR) is 115 cm³/mol. The van der Waals surface area contributed by atoms with Gasteiger partial charge in [0, 0.05) is 27.8 Å². The molecule has 0 unspecified atom stereocenters. The molecule has 0 aliphatic rings. The summed E-state index contributed by atoms with van der Waals surface area (Å²) in [6.45, 7) is 1.96. The molecule has 8 heteroatoms. The van der Waals surface area contributed by atoms with Crippen LogP contribution in [0.3, 0.4) is 0 Å². The molecule has 0 aliphatic heterocycles. The van der Waals surface area contributed by atoms with E-state index >= 15 is 0 Å². The molecule has 0 heterocycles. The van der Waals surface area contributed by atoms with Crippen molar-refractivity contribution >= 4 is 29.4 Å². The molecule has 3 aromatic rings. The lowest BCUT2D eigenvalue weighted by Gasteiger charge is -2.07. The molecule has 0 bridgehead atoms. The Morgan fingerprint density at radius 2 is 1.90 bits per heavy atom. The van der Waals surface area contributed by atoms with Gasteiger partial charge in [-0.1, -0.05) is 35.9 Å². The molecule has 0 aliphatic carbocycles. The number of carbonyl (C=O) groups is 1. The molecule has 3 rings (SSSR count). The normalized spacial score (nSPS) is 10.7. The molecule has 1 amide bonds. The van der Waals surface area contributed by atoms with Crippen molar-refractivity contribution in [2.75, 3.05) is 0 Å². The number of rotatable bonds is 7. The number of hydrazone groups is 1. The standard InChI is InChI=1S/C22H18ClN3O4/c1-15-6-9-17(12-21(15)26(28)29)22(27)25-24-13-16-7-10-19(11-8-16)30-14-18-4-2-3-5-20(18)23/h2-13H,14H2,1H3,(H,25,27)/b24-13-. The van der Waals surface area contributed by atoms with Crippen LogP contribution in [0.4, 0.5) is 5.69 Å². The fourth-order valence-corrected chi connectivity index (χ4v) is 2.79. The lowest BCUT2D eigenvalue weighted by atomic mass is 10.1. The summed E-state index contributed by atoms with van der Waals surface area (Å²) in [7, 11) is 0. The third kappa shape index (κ3) is 5.42. The van der Waals surface area contributed by atoms with Gasteiger partial charge in [0.05, 0.1) is 11.1 Å². The van der Waals surface area contributed by atoms with Gasteiger partial charge in [-0.05, 0) is 48.9 Å². The minimum Gasteiger partial charge on any atom is -0.489 e. The van der Waals surface area contributed by atoms with Crippen LogP contribution in [0.1, 0.15) is 27.0 Å². The highest BCUT2D eigenvalue weighted by Crippen LogP contribution is 2.20. The fourth-order valence-electron chi connectivity index (χ4n) is 2.60. The molecule has 0 fully saturated rings. The summed E-state index contributed by atoms with van der Waals surface area (Å²) in [4.78, 5) is 22.6. The first-order valence-electron chi connectivity index (χ1n) is 8.99. The monoisotopic (exact) mass is 423 g/mol. The van der Waals surface area contributed by atoms with E-state index in [2.05, 4.69) is 10.5 Å². The number of nitrogens with zero attached hydrogens (tertiary/aromatic N) is 2. The molecule has 0 saturated heterocycles. The van der Waals surface area contributed by atoms with E-state index in [1.807, 2.05) is 24.3 Å². The van der Waals surface area contributed by atoms with Gasteiger partial charge in [-0.25, -0.2) is 5.43 Å². The first kappa shape index (κ1) is 21.0. The summed E-state index contributed by atoms with van der Waals surface area (Å²) in [5.41, 5.74) is 4.53. The summed E-state index contributed by atoms with van der Waals surface area (Å²) >= 11 is 6.11. The molecule has 0 atom stereocenters. The van der Waals surface area contributed by atoms with Gasteiger partial charge < -0.3 is 4.74 Å². The number of hydrogen-bond donors (Lipinski definition) is 1. The number of nitrogens with one attached hydrogen (secondary N) is 1. The lowest BCUT2D eigenvalue weighted by molar-refractivity contribution is -0.385. The van der Waals surface area contributed by atoms with Gasteiger partial charge >= 0.3 is 0 Å². The highest BCUT2D eigenvalue weighted by atomic mass is 35.5. The lowest BCUT2D eigenvalue weighted by Crippen LogP contribution is -2.17. The SMILES string of the molecule is Cc1ccc(C(=O)N/N=C\c2ccc(OCc3ccccc3Cl)cc2)cc1[N+](=O)[O-]. The molecular formula is C22H18ClN3O4. The van der Waals surface area contributed by atoms with Crippen molar-refractivity contribution in [3.05, 3.63) is 104 Å². The van der Waals surface area contributed by atoms with E-state index in [1.54, 1.807) is 31.2 Å². The minimum atomic E-state index is -0.533. The molecule has 0 spiro atoms. The van der Waals surface area contributed by atoms with Crippen LogP contribution in [0.25, 0.3) is 0 Å². The van der Waals surface area contributed by atoms with Crippen molar-refractivity contribution in [3.8, 4) is 5.75 Å². The molecule has 0 radical (unpaired) electrons. The van der Waals surface area contributed by atoms with E-state index in [0.717, 1.165) is 11.1 Å². The molecule has 3 aromatic carbocycles. The van der Waals surface area contributed by atoms with Crippen LogP contribution in [-0.2, 0) is 6.61 Å². The quantitative estimate of drug-likeness (QED) is 0.332. The highest BCUT2D eigenvalue weighted by Gasteiger charge is 2.14. The van der Waals surface area contributed by atoms with Crippen LogP contribution in [-0.4, -0.2) is 17.0 Å². The average molecular weight is 424 g/mol. The first-order chi connectivity index (χ1) is 14.4. The Kier molecular flexibility index (Phi) is 6.77. The molecule has 7 nitrogen and oxygen atoms in total. The molecule has 0 saturated carbocycles. The molecule has 152 valence electrons. The number of carbonyl (C=O) groups excluding carboxylic acids is 1. The van der Waals surface area contributed by atoms with E-state index in [-0.39, 0.29) is 11.3 Å². The van der Waals surface area contributed by atoms with Crippen molar-refractivity contribution < 1.29 is 14.5 Å². The Morgan fingerprint density at radius 3 is 2.60 bits per heavy atom. The van der Waals surface area contributed by atoms with Gasteiger partial charge in [-0.2, -0.15) is 5.10 Å². The largest absolute Gasteiger partial charge is 0.489 e. The number of ether oxygens (including phenoxy) is 1. The Morgan fingerprint density at radius 1 is 1.17 bits per heavy atom. The number of halogens is 1. The molecular weight excluding hydrogens is 406 g/mol. The highest BCUT2D eigenvalue weighted by molar-refractivity contribution is 6.31. The zero-order valence-electron chi connectivity index (χ0n) is 16.0. The van der Waals surface area contributed by atoms with Gasteiger partial charge in [0.15, 0.2) is 0 Å². The average Bonchev–Trinajstić information content (AvgIpc) is 2.74. The zero-order chi connectivity index (χ0) is 21.5. The van der Waals surface area contributed by atoms with E-state index in [0.29, 0.717) is 22.9 Å². The topological polar surface area (TPSA) is 93.8 Å². The van der Waals surface area contributed by atoms with E-state index < -0.39 is 10.8 Å². The molecule has 30 heavy (non-hydrogen) atoms. The van der Waals surface area contributed by atoms with Crippen LogP contribution in [0, 0.1) is 17.0 Å². The molecule has 0 aromatic heterocycles. The summed E-state index contributed by atoms with van der Waals surface area (Å²) < 4.78 is 5.71. The number of aryl methyl sites for hydroxylation is 1.